The van der Waals surface area contributed by atoms with Crippen molar-refractivity contribution >= 4 is 16.1 Å². The Hall–Kier alpha value is -1.84. The standard InChI is InChI=1S/C16H25N3O5S/c1-17(2)25(21,22)19-9-7-18(8-10-19)16(20)12-13-5-6-14(23-3)15(11-13)24-4/h5-6,11H,7-10,12H2,1-4H3. The summed E-state index contributed by atoms with van der Waals surface area (Å²) in [5, 5.41) is 0. The molecule has 0 aliphatic carbocycles. The van der Waals surface area contributed by atoms with Crippen LogP contribution in [0.15, 0.2) is 18.2 Å². The van der Waals surface area contributed by atoms with Crippen molar-refractivity contribution in [3.8, 4) is 11.5 Å². The maximum Gasteiger partial charge on any atom is 0.281 e. The Labute approximate surface area is 149 Å². The topological polar surface area (TPSA) is 79.4 Å². The van der Waals surface area contributed by atoms with Crippen LogP contribution >= 0.6 is 0 Å². The third kappa shape index (κ3) is 4.42. The van der Waals surface area contributed by atoms with E-state index in [-0.39, 0.29) is 12.3 Å². The fraction of sp³-hybridized carbons (Fsp3) is 0.562. The van der Waals surface area contributed by atoms with E-state index in [2.05, 4.69) is 0 Å². The maximum atomic E-state index is 12.5. The minimum Gasteiger partial charge on any atom is -0.493 e. The summed E-state index contributed by atoms with van der Waals surface area (Å²) >= 11 is 0. The van der Waals surface area contributed by atoms with Crippen molar-refractivity contribution < 1.29 is 22.7 Å². The first-order valence-corrected chi connectivity index (χ1v) is 9.35. The molecule has 0 N–H and O–H groups in total. The van der Waals surface area contributed by atoms with Crippen LogP contribution in [-0.4, -0.2) is 82.3 Å². The number of amides is 1. The minimum atomic E-state index is -3.43. The highest BCUT2D eigenvalue weighted by Gasteiger charge is 2.30. The second kappa shape index (κ2) is 8.03. The Morgan fingerprint density at radius 3 is 2.20 bits per heavy atom. The lowest BCUT2D eigenvalue weighted by molar-refractivity contribution is -0.131. The van der Waals surface area contributed by atoms with Crippen LogP contribution in [0.25, 0.3) is 0 Å². The number of methoxy groups -OCH3 is 2. The third-order valence-electron chi connectivity index (χ3n) is 4.18. The van der Waals surface area contributed by atoms with E-state index >= 15 is 0 Å². The molecule has 0 atom stereocenters. The molecule has 9 heteroatoms. The average molecular weight is 371 g/mol. The second-order valence-electron chi connectivity index (χ2n) is 5.94. The van der Waals surface area contributed by atoms with Gasteiger partial charge < -0.3 is 14.4 Å². The van der Waals surface area contributed by atoms with Crippen molar-refractivity contribution in [1.82, 2.24) is 13.5 Å². The third-order valence-corrected chi connectivity index (χ3v) is 6.12. The van der Waals surface area contributed by atoms with Gasteiger partial charge in [0.05, 0.1) is 20.6 Å². The van der Waals surface area contributed by atoms with Crippen LogP contribution in [-0.2, 0) is 21.4 Å². The zero-order valence-electron chi connectivity index (χ0n) is 15.1. The molecular weight excluding hydrogens is 346 g/mol. The van der Waals surface area contributed by atoms with Crippen LogP contribution in [0, 0.1) is 0 Å². The number of carbonyl (C=O) groups is 1. The summed E-state index contributed by atoms with van der Waals surface area (Å²) in [6.45, 7) is 1.38. The Morgan fingerprint density at radius 1 is 1.08 bits per heavy atom. The molecule has 140 valence electrons. The summed E-state index contributed by atoms with van der Waals surface area (Å²) in [5.74, 6) is 1.16. The smallest absolute Gasteiger partial charge is 0.281 e. The summed E-state index contributed by atoms with van der Waals surface area (Å²) in [7, 11) is 2.69. The summed E-state index contributed by atoms with van der Waals surface area (Å²) in [6.07, 6.45) is 0.237. The van der Waals surface area contributed by atoms with E-state index in [1.165, 1.54) is 22.7 Å². The lowest BCUT2D eigenvalue weighted by Gasteiger charge is -2.35. The van der Waals surface area contributed by atoms with Crippen molar-refractivity contribution in [3.05, 3.63) is 23.8 Å². The SMILES string of the molecule is COc1ccc(CC(=O)N2CCN(S(=O)(=O)N(C)C)CC2)cc1OC. The largest absolute Gasteiger partial charge is 0.493 e. The van der Waals surface area contributed by atoms with E-state index in [1.54, 1.807) is 31.3 Å². The predicted molar refractivity (Wildman–Crippen MR) is 94.0 cm³/mol. The summed E-state index contributed by atoms with van der Waals surface area (Å²) in [5.41, 5.74) is 0.825. The highest BCUT2D eigenvalue weighted by molar-refractivity contribution is 7.86. The summed E-state index contributed by atoms with van der Waals surface area (Å²) in [6, 6.07) is 5.37. The van der Waals surface area contributed by atoms with Gasteiger partial charge in [0, 0.05) is 40.3 Å². The molecule has 0 bridgehead atoms. The second-order valence-corrected chi connectivity index (χ2v) is 8.08. The van der Waals surface area contributed by atoms with Crippen LogP contribution in [0.3, 0.4) is 0 Å². The van der Waals surface area contributed by atoms with Crippen LogP contribution in [0.2, 0.25) is 0 Å². The van der Waals surface area contributed by atoms with Gasteiger partial charge in [0.15, 0.2) is 11.5 Å². The number of rotatable bonds is 6. The highest BCUT2D eigenvalue weighted by atomic mass is 32.2. The van der Waals surface area contributed by atoms with Gasteiger partial charge in [0.2, 0.25) is 5.91 Å². The summed E-state index contributed by atoms with van der Waals surface area (Å²) in [4.78, 5) is 14.2. The van der Waals surface area contributed by atoms with Crippen LogP contribution in [0.5, 0.6) is 11.5 Å². The van der Waals surface area contributed by atoms with Crippen molar-refractivity contribution in [2.45, 2.75) is 6.42 Å². The zero-order chi connectivity index (χ0) is 18.6. The first kappa shape index (κ1) is 19.5. The van der Waals surface area contributed by atoms with E-state index in [0.29, 0.717) is 37.7 Å². The van der Waals surface area contributed by atoms with Crippen molar-refractivity contribution in [2.24, 2.45) is 0 Å². The quantitative estimate of drug-likeness (QED) is 0.714. The van der Waals surface area contributed by atoms with E-state index in [9.17, 15) is 13.2 Å². The Balaban J connectivity index is 1.97. The van der Waals surface area contributed by atoms with Gasteiger partial charge >= 0.3 is 0 Å². The average Bonchev–Trinajstić information content (AvgIpc) is 2.61. The molecule has 2 rings (SSSR count). The number of carbonyl (C=O) groups excluding carboxylic acids is 1. The Bertz CT molecular complexity index is 712. The molecule has 1 aromatic rings. The monoisotopic (exact) mass is 371 g/mol. The molecule has 0 radical (unpaired) electrons. The van der Waals surface area contributed by atoms with Gasteiger partial charge in [-0.25, -0.2) is 0 Å². The maximum absolute atomic E-state index is 12.5. The van der Waals surface area contributed by atoms with Crippen molar-refractivity contribution in [2.75, 3.05) is 54.5 Å². The molecule has 1 heterocycles. The van der Waals surface area contributed by atoms with Crippen molar-refractivity contribution in [1.29, 1.82) is 0 Å². The molecule has 0 saturated carbocycles. The molecular formula is C16H25N3O5S. The first-order chi connectivity index (χ1) is 11.8. The first-order valence-electron chi connectivity index (χ1n) is 7.96. The fourth-order valence-corrected chi connectivity index (χ4v) is 3.76. The van der Waals surface area contributed by atoms with Gasteiger partial charge in [0.1, 0.15) is 0 Å². The number of nitrogens with zero attached hydrogens (tertiary/aromatic N) is 3. The zero-order valence-corrected chi connectivity index (χ0v) is 15.9. The Kier molecular flexibility index (Phi) is 6.26. The van der Waals surface area contributed by atoms with Crippen molar-refractivity contribution in [3.63, 3.8) is 0 Å². The minimum absolute atomic E-state index is 0.0332. The van der Waals surface area contributed by atoms with Crippen LogP contribution in [0.4, 0.5) is 0 Å². The molecule has 1 fully saturated rings. The number of hydrogen-bond donors (Lipinski definition) is 0. The van der Waals surface area contributed by atoms with E-state index < -0.39 is 10.2 Å². The van der Waals surface area contributed by atoms with Gasteiger partial charge in [-0.1, -0.05) is 6.07 Å². The van der Waals surface area contributed by atoms with Crippen LogP contribution in [0.1, 0.15) is 5.56 Å². The Morgan fingerprint density at radius 2 is 1.68 bits per heavy atom. The molecule has 1 amide bonds. The van der Waals surface area contributed by atoms with E-state index in [4.69, 9.17) is 9.47 Å². The van der Waals surface area contributed by atoms with E-state index in [1.807, 2.05) is 6.07 Å². The molecule has 1 aliphatic rings. The fourth-order valence-electron chi connectivity index (χ4n) is 2.68. The normalized spacial score (nSPS) is 16.1. The molecule has 1 aromatic carbocycles. The molecule has 0 spiro atoms. The molecule has 25 heavy (non-hydrogen) atoms. The molecule has 0 unspecified atom stereocenters. The van der Waals surface area contributed by atoms with Crippen LogP contribution < -0.4 is 9.47 Å². The highest BCUT2D eigenvalue weighted by Crippen LogP contribution is 2.27. The number of piperazine rings is 1. The molecule has 1 aliphatic heterocycles. The summed E-state index contributed by atoms with van der Waals surface area (Å²) < 4.78 is 37.2. The van der Waals surface area contributed by atoms with Gasteiger partial charge in [-0.2, -0.15) is 17.0 Å². The lowest BCUT2D eigenvalue weighted by Crippen LogP contribution is -2.53. The van der Waals surface area contributed by atoms with Gasteiger partial charge in [-0.15, -0.1) is 0 Å². The predicted octanol–water partition coefficient (Wildman–Crippen LogP) is 0.197. The molecule has 1 saturated heterocycles. The molecule has 8 nitrogen and oxygen atoms in total. The number of ether oxygens (including phenoxy) is 2. The van der Waals surface area contributed by atoms with Gasteiger partial charge in [0.25, 0.3) is 10.2 Å². The number of hydrogen-bond acceptors (Lipinski definition) is 5. The lowest BCUT2D eigenvalue weighted by atomic mass is 10.1. The van der Waals surface area contributed by atoms with Gasteiger partial charge in [-0.05, 0) is 17.7 Å². The van der Waals surface area contributed by atoms with E-state index in [0.717, 1.165) is 5.56 Å². The van der Waals surface area contributed by atoms with Gasteiger partial charge in [-0.3, -0.25) is 4.79 Å². The molecule has 0 aromatic heterocycles. The number of benzene rings is 1.